The lowest BCUT2D eigenvalue weighted by molar-refractivity contribution is -0.132. The Morgan fingerprint density at radius 2 is 1.54 bits per heavy atom. The number of aromatic nitrogens is 3. The highest BCUT2D eigenvalue weighted by atomic mass is 16.2. The molecule has 0 spiro atoms. The van der Waals surface area contributed by atoms with Crippen molar-refractivity contribution in [2.45, 2.75) is 25.7 Å². The summed E-state index contributed by atoms with van der Waals surface area (Å²) >= 11 is 0. The highest BCUT2D eigenvalue weighted by Gasteiger charge is 2.28. The molecule has 0 unspecified atom stereocenters. The zero-order chi connectivity index (χ0) is 24.0. The van der Waals surface area contributed by atoms with Crippen molar-refractivity contribution in [3.63, 3.8) is 0 Å². The van der Waals surface area contributed by atoms with Crippen molar-refractivity contribution in [3.05, 3.63) is 66.6 Å². The number of piperazine rings is 1. The van der Waals surface area contributed by atoms with Gasteiger partial charge in [-0.15, -0.1) is 0 Å². The monoisotopic (exact) mass is 472 g/mol. The fraction of sp³-hybridized carbons (Fsp3) is 0.407. The van der Waals surface area contributed by atoms with Gasteiger partial charge in [0.2, 0.25) is 5.91 Å². The number of benzene rings is 1. The Morgan fingerprint density at radius 1 is 0.800 bits per heavy atom. The van der Waals surface area contributed by atoms with Crippen molar-refractivity contribution in [2.75, 3.05) is 45.8 Å². The Kier molecular flexibility index (Phi) is 7.18. The van der Waals surface area contributed by atoms with Gasteiger partial charge in [0.1, 0.15) is 5.69 Å². The van der Waals surface area contributed by atoms with Crippen molar-refractivity contribution in [3.8, 4) is 16.9 Å². The predicted molar refractivity (Wildman–Crippen MR) is 134 cm³/mol. The predicted octanol–water partition coefficient (Wildman–Crippen LogP) is 3.09. The number of amides is 2. The summed E-state index contributed by atoms with van der Waals surface area (Å²) in [6.45, 7) is 4.76. The van der Waals surface area contributed by atoms with E-state index in [1.165, 1.54) is 12.8 Å². The van der Waals surface area contributed by atoms with Crippen molar-refractivity contribution in [1.29, 1.82) is 0 Å². The highest BCUT2D eigenvalue weighted by Crippen LogP contribution is 2.25. The molecule has 2 aliphatic rings. The summed E-state index contributed by atoms with van der Waals surface area (Å²) in [4.78, 5) is 36.7. The summed E-state index contributed by atoms with van der Waals surface area (Å²) in [7, 11) is 0. The second-order valence-electron chi connectivity index (χ2n) is 9.28. The zero-order valence-electron chi connectivity index (χ0n) is 20.1. The number of carbonyl (C=O) groups is 2. The molecule has 35 heavy (non-hydrogen) atoms. The van der Waals surface area contributed by atoms with E-state index in [-0.39, 0.29) is 11.8 Å². The molecule has 0 atom stereocenters. The summed E-state index contributed by atoms with van der Waals surface area (Å²) in [5.74, 6) is 0.180. The summed E-state index contributed by atoms with van der Waals surface area (Å²) in [5, 5.41) is 4.75. The van der Waals surface area contributed by atoms with Gasteiger partial charge in [-0.05, 0) is 37.1 Å². The maximum atomic E-state index is 13.6. The third kappa shape index (κ3) is 5.43. The Balaban J connectivity index is 1.28. The van der Waals surface area contributed by atoms with E-state index in [4.69, 9.17) is 5.10 Å². The Bertz CT molecular complexity index is 1130. The van der Waals surface area contributed by atoms with Crippen LogP contribution in [0.5, 0.6) is 0 Å². The van der Waals surface area contributed by atoms with E-state index in [1.807, 2.05) is 58.5 Å². The molecule has 2 aliphatic heterocycles. The molecule has 0 bridgehead atoms. The molecule has 4 heterocycles. The van der Waals surface area contributed by atoms with Gasteiger partial charge in [0, 0.05) is 63.4 Å². The first-order chi connectivity index (χ1) is 17.2. The van der Waals surface area contributed by atoms with E-state index >= 15 is 0 Å². The van der Waals surface area contributed by atoms with Gasteiger partial charge in [-0.3, -0.25) is 19.5 Å². The molecule has 3 aromatic rings. The van der Waals surface area contributed by atoms with Crippen LogP contribution in [0.4, 0.5) is 0 Å². The molecule has 8 heteroatoms. The minimum absolute atomic E-state index is 0.0375. The Labute approximate surface area is 206 Å². The average Bonchev–Trinajstić information content (AvgIpc) is 3.17. The first-order valence-corrected chi connectivity index (χ1v) is 12.5. The number of para-hydroxylation sites is 1. The number of hydrogen-bond acceptors (Lipinski definition) is 5. The smallest absolute Gasteiger partial charge is 0.257 e. The second kappa shape index (κ2) is 10.8. The van der Waals surface area contributed by atoms with Gasteiger partial charge in [0.05, 0.1) is 17.8 Å². The van der Waals surface area contributed by atoms with Crippen molar-refractivity contribution < 1.29 is 9.59 Å². The van der Waals surface area contributed by atoms with Gasteiger partial charge < -0.3 is 9.80 Å². The van der Waals surface area contributed by atoms with Crippen molar-refractivity contribution in [2.24, 2.45) is 0 Å². The standard InChI is InChI=1S/C27H32N6O2/c34-25(31-13-6-1-2-7-14-31)21-30-15-17-32(18-16-30)27(35)24-20-33(23-10-4-3-5-11-23)29-26(24)22-9-8-12-28-19-22/h3-5,8-12,19-20H,1-2,6-7,13-18,21H2. The molecular weight excluding hydrogens is 440 g/mol. The number of carbonyl (C=O) groups excluding carboxylic acids is 2. The van der Waals surface area contributed by atoms with Crippen LogP contribution in [0.2, 0.25) is 0 Å². The number of rotatable bonds is 5. The normalized spacial score (nSPS) is 17.3. The maximum Gasteiger partial charge on any atom is 0.257 e. The lowest BCUT2D eigenvalue weighted by Crippen LogP contribution is -2.51. The van der Waals surface area contributed by atoms with Gasteiger partial charge in [0.15, 0.2) is 0 Å². The average molecular weight is 473 g/mol. The summed E-state index contributed by atoms with van der Waals surface area (Å²) in [6, 6.07) is 13.6. The molecule has 5 rings (SSSR count). The molecule has 0 saturated carbocycles. The molecule has 0 radical (unpaired) electrons. The van der Waals surface area contributed by atoms with Gasteiger partial charge in [-0.2, -0.15) is 5.10 Å². The van der Waals surface area contributed by atoms with Gasteiger partial charge >= 0.3 is 0 Å². The number of likely N-dealkylation sites (tertiary alicyclic amines) is 1. The third-order valence-corrected chi connectivity index (χ3v) is 6.88. The van der Waals surface area contributed by atoms with E-state index < -0.39 is 0 Å². The van der Waals surface area contributed by atoms with Crippen molar-refractivity contribution >= 4 is 11.8 Å². The van der Waals surface area contributed by atoms with Crippen LogP contribution in [0, 0.1) is 0 Å². The minimum atomic E-state index is -0.0375. The summed E-state index contributed by atoms with van der Waals surface area (Å²) in [6.07, 6.45) is 9.90. The lowest BCUT2D eigenvalue weighted by Gasteiger charge is -2.35. The highest BCUT2D eigenvalue weighted by molar-refractivity contribution is 6.00. The topological polar surface area (TPSA) is 74.6 Å². The van der Waals surface area contributed by atoms with Crippen LogP contribution in [0.15, 0.2) is 61.1 Å². The molecule has 0 N–H and O–H groups in total. The van der Waals surface area contributed by atoms with Crippen molar-refractivity contribution in [1.82, 2.24) is 29.5 Å². The molecule has 0 aliphatic carbocycles. The SMILES string of the molecule is O=C(CN1CCN(C(=O)c2cn(-c3ccccc3)nc2-c2cccnc2)CC1)N1CCCCCC1. The zero-order valence-corrected chi connectivity index (χ0v) is 20.1. The minimum Gasteiger partial charge on any atom is -0.342 e. The Morgan fingerprint density at radius 3 is 2.23 bits per heavy atom. The molecular formula is C27H32N6O2. The van der Waals surface area contributed by atoms with Gasteiger partial charge in [0.25, 0.3) is 5.91 Å². The van der Waals surface area contributed by atoms with E-state index in [9.17, 15) is 9.59 Å². The molecule has 2 amide bonds. The first kappa shape index (κ1) is 23.2. The van der Waals surface area contributed by atoms with Crippen LogP contribution in [0.1, 0.15) is 36.0 Å². The molecule has 182 valence electrons. The second-order valence-corrected chi connectivity index (χ2v) is 9.28. The van der Waals surface area contributed by atoms with Crippen LogP contribution in [-0.2, 0) is 4.79 Å². The fourth-order valence-corrected chi connectivity index (χ4v) is 4.85. The number of pyridine rings is 1. The first-order valence-electron chi connectivity index (χ1n) is 12.5. The molecule has 2 fully saturated rings. The fourth-order valence-electron chi connectivity index (χ4n) is 4.85. The third-order valence-electron chi connectivity index (χ3n) is 6.88. The van der Waals surface area contributed by atoms with Crippen LogP contribution in [-0.4, -0.2) is 87.1 Å². The lowest BCUT2D eigenvalue weighted by atomic mass is 10.1. The van der Waals surface area contributed by atoms with Crippen LogP contribution in [0.25, 0.3) is 16.9 Å². The van der Waals surface area contributed by atoms with Crippen LogP contribution in [0.3, 0.4) is 0 Å². The molecule has 8 nitrogen and oxygen atoms in total. The summed E-state index contributed by atoms with van der Waals surface area (Å²) in [5.41, 5.74) is 2.91. The van der Waals surface area contributed by atoms with Crippen LogP contribution < -0.4 is 0 Å². The summed E-state index contributed by atoms with van der Waals surface area (Å²) < 4.78 is 1.76. The maximum absolute atomic E-state index is 13.6. The van der Waals surface area contributed by atoms with Gasteiger partial charge in [-0.25, -0.2) is 4.68 Å². The van der Waals surface area contributed by atoms with Crippen LogP contribution >= 0.6 is 0 Å². The van der Waals surface area contributed by atoms with Gasteiger partial charge in [-0.1, -0.05) is 31.0 Å². The van der Waals surface area contributed by atoms with E-state index in [0.717, 1.165) is 37.2 Å². The quantitative estimate of drug-likeness (QED) is 0.571. The van der Waals surface area contributed by atoms with E-state index in [1.54, 1.807) is 17.1 Å². The largest absolute Gasteiger partial charge is 0.342 e. The van der Waals surface area contributed by atoms with E-state index in [2.05, 4.69) is 9.88 Å². The molecule has 1 aromatic carbocycles. The molecule has 2 aromatic heterocycles. The number of nitrogens with zero attached hydrogens (tertiary/aromatic N) is 6. The Hall–Kier alpha value is -3.52. The molecule has 2 saturated heterocycles. The van der Waals surface area contributed by atoms with E-state index in [0.29, 0.717) is 44.0 Å². The number of hydrogen-bond donors (Lipinski definition) is 0.